The highest BCUT2D eigenvalue weighted by Crippen LogP contribution is 2.37. The number of nitrogens with one attached hydrogen (secondary N) is 1. The molecule has 0 spiro atoms. The molecule has 1 amide bonds. The minimum atomic E-state index is -3.47. The number of amides is 1. The van der Waals surface area contributed by atoms with Gasteiger partial charge in [0.1, 0.15) is 0 Å². The van der Waals surface area contributed by atoms with Gasteiger partial charge in [0, 0.05) is 25.8 Å². The van der Waals surface area contributed by atoms with Gasteiger partial charge in [0.2, 0.25) is 21.9 Å². The summed E-state index contributed by atoms with van der Waals surface area (Å²) in [4.78, 5) is 12.3. The van der Waals surface area contributed by atoms with E-state index in [-0.39, 0.29) is 31.6 Å². The molecule has 1 aromatic rings. The van der Waals surface area contributed by atoms with E-state index in [1.165, 1.54) is 7.05 Å². The molecular weight excluding hydrogens is 326 g/mol. The topological polar surface area (TPSA) is 66.5 Å². The summed E-state index contributed by atoms with van der Waals surface area (Å²) in [5.41, 5.74) is 0.687. The third-order valence-electron chi connectivity index (χ3n) is 4.09. The molecule has 0 saturated heterocycles. The SMILES string of the molecule is CN(c1ccccc1NC(=O)C1CCC(F)(F)CC1)S(C)(=O)=O. The zero-order valence-electron chi connectivity index (χ0n) is 13.1. The van der Waals surface area contributed by atoms with Crippen LogP contribution in [0.1, 0.15) is 25.7 Å². The molecule has 0 heterocycles. The second-order valence-electron chi connectivity index (χ2n) is 5.87. The number of hydrogen-bond acceptors (Lipinski definition) is 3. The van der Waals surface area contributed by atoms with Gasteiger partial charge < -0.3 is 5.32 Å². The molecule has 0 atom stereocenters. The predicted molar refractivity (Wildman–Crippen MR) is 85.2 cm³/mol. The molecule has 0 bridgehead atoms. The van der Waals surface area contributed by atoms with Crippen molar-refractivity contribution < 1.29 is 22.0 Å². The molecule has 0 aromatic heterocycles. The number of carbonyl (C=O) groups excluding carboxylic acids is 1. The van der Waals surface area contributed by atoms with E-state index in [1.807, 2.05) is 0 Å². The van der Waals surface area contributed by atoms with Crippen molar-refractivity contribution >= 4 is 27.3 Å². The highest BCUT2D eigenvalue weighted by molar-refractivity contribution is 7.92. The largest absolute Gasteiger partial charge is 0.324 e. The number of benzene rings is 1. The maximum atomic E-state index is 13.2. The Bertz CT molecular complexity index is 682. The van der Waals surface area contributed by atoms with Gasteiger partial charge in [-0.3, -0.25) is 9.10 Å². The summed E-state index contributed by atoms with van der Waals surface area (Å²) in [5, 5.41) is 2.67. The molecule has 1 N–H and O–H groups in total. The average Bonchev–Trinajstić information content (AvgIpc) is 2.46. The van der Waals surface area contributed by atoms with Crippen LogP contribution in [0.2, 0.25) is 0 Å². The first-order chi connectivity index (χ1) is 10.6. The first-order valence-corrected chi connectivity index (χ1v) is 9.17. The van der Waals surface area contributed by atoms with Crippen LogP contribution in [0.15, 0.2) is 24.3 Å². The van der Waals surface area contributed by atoms with Gasteiger partial charge in [0.05, 0.1) is 17.6 Å². The molecule has 0 radical (unpaired) electrons. The first-order valence-electron chi connectivity index (χ1n) is 7.32. The van der Waals surface area contributed by atoms with Crippen molar-refractivity contribution in [1.82, 2.24) is 0 Å². The van der Waals surface area contributed by atoms with Crippen LogP contribution in [0.25, 0.3) is 0 Å². The second kappa shape index (κ2) is 6.43. The number of hydrogen-bond donors (Lipinski definition) is 1. The number of nitrogens with zero attached hydrogens (tertiary/aromatic N) is 1. The van der Waals surface area contributed by atoms with Gasteiger partial charge in [-0.2, -0.15) is 0 Å². The Hall–Kier alpha value is -1.70. The van der Waals surface area contributed by atoms with Crippen molar-refractivity contribution in [3.8, 4) is 0 Å². The maximum Gasteiger partial charge on any atom is 0.248 e. The molecule has 1 aliphatic rings. The minimum Gasteiger partial charge on any atom is -0.324 e. The van der Waals surface area contributed by atoms with Crippen molar-refractivity contribution in [1.29, 1.82) is 0 Å². The molecule has 0 aliphatic heterocycles. The lowest BCUT2D eigenvalue weighted by molar-refractivity contribution is -0.124. The van der Waals surface area contributed by atoms with Crippen molar-refractivity contribution in [2.45, 2.75) is 31.6 Å². The Kier molecular flexibility index (Phi) is 4.93. The molecule has 1 saturated carbocycles. The zero-order chi connectivity index (χ0) is 17.3. The quantitative estimate of drug-likeness (QED) is 0.912. The predicted octanol–water partition coefficient (Wildman–Crippen LogP) is 2.85. The molecule has 1 aliphatic carbocycles. The molecule has 8 heteroatoms. The molecule has 5 nitrogen and oxygen atoms in total. The minimum absolute atomic E-state index is 0.128. The highest BCUT2D eigenvalue weighted by Gasteiger charge is 2.37. The van der Waals surface area contributed by atoms with Gasteiger partial charge >= 0.3 is 0 Å². The van der Waals surface area contributed by atoms with Crippen molar-refractivity contribution in [2.24, 2.45) is 5.92 Å². The monoisotopic (exact) mass is 346 g/mol. The third kappa shape index (κ3) is 4.40. The van der Waals surface area contributed by atoms with Crippen molar-refractivity contribution in [2.75, 3.05) is 22.9 Å². The summed E-state index contributed by atoms with van der Waals surface area (Å²) in [5.74, 6) is -3.52. The van der Waals surface area contributed by atoms with E-state index >= 15 is 0 Å². The van der Waals surface area contributed by atoms with Crippen LogP contribution in [-0.2, 0) is 14.8 Å². The number of carbonyl (C=O) groups is 1. The summed E-state index contributed by atoms with van der Waals surface area (Å²) >= 11 is 0. The van der Waals surface area contributed by atoms with Gasteiger partial charge in [-0.15, -0.1) is 0 Å². The lowest BCUT2D eigenvalue weighted by Crippen LogP contribution is -2.32. The summed E-state index contributed by atoms with van der Waals surface area (Å²) in [6, 6.07) is 6.50. The van der Waals surface area contributed by atoms with Gasteiger partial charge in [0.25, 0.3) is 0 Å². The molecule has 1 fully saturated rings. The second-order valence-corrected chi connectivity index (χ2v) is 7.88. The number of sulfonamides is 1. The van der Waals surface area contributed by atoms with E-state index in [0.29, 0.717) is 11.4 Å². The molecule has 2 rings (SSSR count). The van der Waals surface area contributed by atoms with E-state index in [9.17, 15) is 22.0 Å². The van der Waals surface area contributed by atoms with E-state index in [0.717, 1.165) is 10.6 Å². The lowest BCUT2D eigenvalue weighted by atomic mass is 9.86. The Morgan fingerprint density at radius 2 is 1.83 bits per heavy atom. The molecular formula is C15H20F2N2O3S. The van der Waals surface area contributed by atoms with Gasteiger partial charge in [0.15, 0.2) is 0 Å². The molecule has 0 unspecified atom stereocenters. The number of halogens is 2. The van der Waals surface area contributed by atoms with Crippen molar-refractivity contribution in [3.05, 3.63) is 24.3 Å². The van der Waals surface area contributed by atoms with Crippen LogP contribution >= 0.6 is 0 Å². The fraction of sp³-hybridized carbons (Fsp3) is 0.533. The van der Waals surface area contributed by atoms with Gasteiger partial charge in [-0.1, -0.05) is 12.1 Å². The van der Waals surface area contributed by atoms with Crippen molar-refractivity contribution in [3.63, 3.8) is 0 Å². The smallest absolute Gasteiger partial charge is 0.248 e. The summed E-state index contributed by atoms with van der Waals surface area (Å²) in [6.45, 7) is 0. The summed E-state index contributed by atoms with van der Waals surface area (Å²) in [6.07, 6.45) is 0.729. The summed E-state index contributed by atoms with van der Waals surface area (Å²) < 4.78 is 50.7. The molecule has 23 heavy (non-hydrogen) atoms. The lowest BCUT2D eigenvalue weighted by Gasteiger charge is -2.28. The van der Waals surface area contributed by atoms with Crippen LogP contribution in [-0.4, -0.2) is 33.6 Å². The van der Waals surface area contributed by atoms with E-state index < -0.39 is 21.9 Å². The average molecular weight is 346 g/mol. The number of para-hydroxylation sites is 2. The Labute approximate surface area is 134 Å². The van der Waals surface area contributed by atoms with Gasteiger partial charge in [-0.05, 0) is 25.0 Å². The van der Waals surface area contributed by atoms with E-state index in [1.54, 1.807) is 24.3 Å². The zero-order valence-corrected chi connectivity index (χ0v) is 13.9. The Balaban J connectivity index is 2.13. The number of alkyl halides is 2. The molecule has 128 valence electrons. The third-order valence-corrected chi connectivity index (χ3v) is 5.28. The molecule has 1 aromatic carbocycles. The van der Waals surface area contributed by atoms with Crippen LogP contribution < -0.4 is 9.62 Å². The highest BCUT2D eigenvalue weighted by atomic mass is 32.2. The number of rotatable bonds is 4. The van der Waals surface area contributed by atoms with Crippen LogP contribution in [0.4, 0.5) is 20.2 Å². The first kappa shape index (κ1) is 17.7. The van der Waals surface area contributed by atoms with Crippen LogP contribution in [0.3, 0.4) is 0 Å². The fourth-order valence-electron chi connectivity index (χ4n) is 2.57. The fourth-order valence-corrected chi connectivity index (χ4v) is 3.09. The summed E-state index contributed by atoms with van der Waals surface area (Å²) in [7, 11) is -2.08. The van der Waals surface area contributed by atoms with Crippen LogP contribution in [0, 0.1) is 5.92 Å². The van der Waals surface area contributed by atoms with E-state index in [4.69, 9.17) is 0 Å². The Morgan fingerprint density at radius 1 is 1.26 bits per heavy atom. The Morgan fingerprint density at radius 3 is 2.39 bits per heavy atom. The standard InChI is InChI=1S/C15H20F2N2O3S/c1-19(23(2,21)22)13-6-4-3-5-12(13)18-14(20)11-7-9-15(16,17)10-8-11/h3-6,11H,7-10H2,1-2H3,(H,18,20). The number of anilines is 2. The maximum absolute atomic E-state index is 13.2. The normalized spacial score (nSPS) is 18.4. The van der Waals surface area contributed by atoms with E-state index in [2.05, 4.69) is 5.32 Å². The van der Waals surface area contributed by atoms with Crippen LogP contribution in [0.5, 0.6) is 0 Å². The van der Waals surface area contributed by atoms with Gasteiger partial charge in [-0.25, -0.2) is 17.2 Å².